The lowest BCUT2D eigenvalue weighted by molar-refractivity contribution is -0.148. The number of nitrogens with two attached hydrogens (primary N) is 1. The Hall–Kier alpha value is -9.85. The number of methoxy groups -OCH3 is 2. The Bertz CT molecular complexity index is 3540. The van der Waals surface area contributed by atoms with Crippen LogP contribution in [0, 0.1) is 0 Å². The molecule has 7 N–H and O–H groups in total. The minimum Gasteiger partial charge on any atom is -0.463 e. The number of carbonyl (C=O) groups excluding carboxylic acids is 6. The van der Waals surface area contributed by atoms with E-state index in [1.54, 1.807) is 66.7 Å². The van der Waals surface area contributed by atoms with Crippen molar-refractivity contribution in [2.45, 2.75) is 44.4 Å². The summed E-state index contributed by atoms with van der Waals surface area (Å²) in [4.78, 5) is 104. The Labute approximate surface area is 466 Å². The highest BCUT2D eigenvalue weighted by atomic mass is 32.1. The Kier molecular flexibility index (Phi) is 17.5. The van der Waals surface area contributed by atoms with Crippen molar-refractivity contribution in [2.75, 3.05) is 62.3 Å². The maximum absolute atomic E-state index is 14.1. The van der Waals surface area contributed by atoms with Gasteiger partial charge in [0.05, 0.1) is 62.9 Å². The highest BCUT2D eigenvalue weighted by molar-refractivity contribution is 7.80. The van der Waals surface area contributed by atoms with Crippen molar-refractivity contribution in [1.29, 1.82) is 0 Å². The zero-order valence-corrected chi connectivity index (χ0v) is 44.2. The number of thiocarbonyl (C=S) groups is 1. The fourth-order valence-corrected chi connectivity index (χ4v) is 8.80. The fourth-order valence-electron chi connectivity index (χ4n) is 8.56. The molecule has 24 nitrogen and oxygen atoms in total. The van der Waals surface area contributed by atoms with Crippen LogP contribution in [0.5, 0.6) is 23.0 Å². The molecule has 0 saturated heterocycles. The number of nitrogens with one attached hydrogen (secondary N) is 5. The summed E-state index contributed by atoms with van der Waals surface area (Å²) in [7, 11) is 2.93. The van der Waals surface area contributed by atoms with Crippen molar-refractivity contribution in [1.82, 2.24) is 25.3 Å². The molecule has 2 aromatic heterocycles. The highest BCUT2D eigenvalue weighted by Crippen LogP contribution is 2.57. The molecule has 9 rings (SSSR count). The third-order valence-electron chi connectivity index (χ3n) is 12.4. The average molecular weight is 1120 g/mol. The molecule has 81 heavy (non-hydrogen) atoms. The van der Waals surface area contributed by atoms with Crippen LogP contribution in [0.25, 0.3) is 11.2 Å². The Morgan fingerprint density at radius 2 is 1.22 bits per heavy atom. The van der Waals surface area contributed by atoms with Crippen LogP contribution < -0.4 is 46.8 Å². The molecular weight excluding hydrogens is 1070 g/mol. The molecule has 416 valence electrons. The number of fused-ring (bicyclic) bond motifs is 7. The number of ether oxygens (including phenoxy) is 8. The second-order valence-electron chi connectivity index (χ2n) is 18.0. The SMILES string of the molecule is COCCOC(=O)CCC(=O)Oc1ccc2c(c1)Oc1cc(OC(=O)CCC(=O)OCCOC)ccc1C21OC(=O)c2cc(NC(=S)Nc3ccc(CNC(=O)c4ccc(NCc5cnc6nc(N)[nH]c(=O)c6n5)cc4)cc3)ccc21. The van der Waals surface area contributed by atoms with E-state index in [0.29, 0.717) is 45.0 Å². The van der Waals surface area contributed by atoms with Crippen LogP contribution in [0.4, 0.5) is 23.0 Å². The van der Waals surface area contributed by atoms with Gasteiger partial charge in [-0.3, -0.25) is 33.8 Å². The van der Waals surface area contributed by atoms with Crippen LogP contribution in [0.2, 0.25) is 0 Å². The van der Waals surface area contributed by atoms with E-state index in [2.05, 4.69) is 41.2 Å². The van der Waals surface area contributed by atoms with Crippen molar-refractivity contribution in [3.05, 3.63) is 159 Å². The zero-order valence-electron chi connectivity index (χ0n) is 43.4. The molecule has 1 amide bonds. The van der Waals surface area contributed by atoms with E-state index in [0.717, 1.165) is 5.56 Å². The van der Waals surface area contributed by atoms with Gasteiger partial charge in [0, 0.05) is 72.2 Å². The van der Waals surface area contributed by atoms with Gasteiger partial charge in [0.15, 0.2) is 21.9 Å². The zero-order chi connectivity index (χ0) is 57.0. The third kappa shape index (κ3) is 13.5. The summed E-state index contributed by atoms with van der Waals surface area (Å²) in [6, 6.07) is 28.2. The van der Waals surface area contributed by atoms with Gasteiger partial charge in [0.2, 0.25) is 5.95 Å². The van der Waals surface area contributed by atoms with Crippen LogP contribution >= 0.6 is 12.2 Å². The van der Waals surface area contributed by atoms with E-state index in [4.69, 9.17) is 55.8 Å². The average Bonchev–Trinajstić information content (AvgIpc) is 2.18. The number of aromatic amines is 1. The number of rotatable bonds is 22. The van der Waals surface area contributed by atoms with E-state index in [1.807, 2.05) is 12.1 Å². The molecule has 7 aromatic rings. The van der Waals surface area contributed by atoms with E-state index < -0.39 is 41.0 Å². The molecule has 0 unspecified atom stereocenters. The van der Waals surface area contributed by atoms with Gasteiger partial charge < -0.3 is 64.9 Å². The molecule has 1 spiro atoms. The fraction of sp³-hybridized carbons (Fsp3) is 0.232. The maximum atomic E-state index is 14.1. The quantitative estimate of drug-likeness (QED) is 0.0150. The first-order valence-corrected chi connectivity index (χ1v) is 25.4. The van der Waals surface area contributed by atoms with Gasteiger partial charge in [-0.2, -0.15) is 4.98 Å². The lowest BCUT2D eigenvalue weighted by Crippen LogP contribution is -2.33. The molecule has 0 fully saturated rings. The number of benzene rings is 5. The Morgan fingerprint density at radius 3 is 1.84 bits per heavy atom. The number of aromatic nitrogens is 4. The first kappa shape index (κ1) is 55.9. The molecular formula is C56H51N9O15S. The van der Waals surface area contributed by atoms with E-state index in [-0.39, 0.29) is 122 Å². The molecule has 0 bridgehead atoms. The van der Waals surface area contributed by atoms with Crippen LogP contribution in [-0.4, -0.2) is 101 Å². The van der Waals surface area contributed by atoms with Gasteiger partial charge in [-0.25, -0.2) is 14.8 Å². The van der Waals surface area contributed by atoms with Crippen molar-refractivity contribution in [3.63, 3.8) is 0 Å². The summed E-state index contributed by atoms with van der Waals surface area (Å²) in [6.07, 6.45) is 0.478. The number of hydrogen-bond acceptors (Lipinski definition) is 21. The summed E-state index contributed by atoms with van der Waals surface area (Å²) in [5.74, 6) is -3.28. The standard InChI is InChI=1S/C56H51N9O15S/c1-73-21-23-75-45(66)17-19-47(68)77-37-12-15-41-43(26-37)79-44-27-38(78-48(69)20-18-46(67)76-24-22-74-2)13-16-42(44)56(41)40-14-11-35(25-39(40)53(72)80-56)63-55(81)62-34-7-3-31(4-8-34)28-60-51(70)32-5-9-33(10-6-32)58-29-36-30-59-50-49(61-36)52(71)65-54(57)64-50/h3-16,25-27,30,58H,17-24,28-29H2,1-2H3,(H,60,70)(H2,62,63,81)(H3,57,59,64,65,71). The molecule has 0 saturated carbocycles. The Morgan fingerprint density at radius 1 is 0.654 bits per heavy atom. The number of carbonyl (C=O) groups is 6. The number of hydrogen-bond donors (Lipinski definition) is 6. The van der Waals surface area contributed by atoms with Crippen LogP contribution in [0.15, 0.2) is 114 Å². The smallest absolute Gasteiger partial charge is 0.340 e. The van der Waals surface area contributed by atoms with Gasteiger partial charge in [-0.1, -0.05) is 18.2 Å². The van der Waals surface area contributed by atoms with Gasteiger partial charge >= 0.3 is 29.8 Å². The van der Waals surface area contributed by atoms with Gasteiger partial charge in [0.1, 0.15) is 36.2 Å². The Balaban J connectivity index is 0.839. The van der Waals surface area contributed by atoms with E-state index in [1.165, 1.54) is 44.7 Å². The molecule has 25 heteroatoms. The van der Waals surface area contributed by atoms with E-state index >= 15 is 0 Å². The molecule has 0 aliphatic carbocycles. The molecule has 2 aliphatic heterocycles. The van der Waals surface area contributed by atoms with Gasteiger partial charge in [0.25, 0.3) is 11.5 Å². The van der Waals surface area contributed by atoms with Crippen LogP contribution in [0.1, 0.15) is 74.3 Å². The number of anilines is 4. The predicted octanol–water partition coefficient (Wildman–Crippen LogP) is 5.96. The molecule has 0 atom stereocenters. The van der Waals surface area contributed by atoms with Crippen molar-refractivity contribution in [2.24, 2.45) is 0 Å². The molecule has 4 heterocycles. The largest absolute Gasteiger partial charge is 0.463 e. The minimum absolute atomic E-state index is 0.0368. The summed E-state index contributed by atoms with van der Waals surface area (Å²) in [5.41, 5.74) is 8.65. The number of H-pyrrole nitrogens is 1. The number of esters is 5. The second-order valence-corrected chi connectivity index (χ2v) is 18.4. The normalized spacial score (nSPS) is 12.4. The van der Waals surface area contributed by atoms with Crippen LogP contribution in [-0.2, 0) is 61.6 Å². The summed E-state index contributed by atoms with van der Waals surface area (Å²) in [5, 5.41) is 12.6. The van der Waals surface area contributed by atoms with E-state index in [9.17, 15) is 33.6 Å². The van der Waals surface area contributed by atoms with Crippen molar-refractivity contribution < 1.29 is 66.7 Å². The summed E-state index contributed by atoms with van der Waals surface area (Å²) >= 11 is 5.66. The lowest BCUT2D eigenvalue weighted by Gasteiger charge is -2.36. The minimum atomic E-state index is -1.62. The topological polar surface area (TPSA) is 322 Å². The number of nitrogens with zero attached hydrogens (tertiary/aromatic N) is 3. The third-order valence-corrected chi connectivity index (χ3v) is 12.6. The maximum Gasteiger partial charge on any atom is 0.340 e. The van der Waals surface area contributed by atoms with Gasteiger partial charge in [-0.15, -0.1) is 0 Å². The summed E-state index contributed by atoms with van der Waals surface area (Å²) < 4.78 is 43.7. The van der Waals surface area contributed by atoms with Crippen molar-refractivity contribution in [3.8, 4) is 23.0 Å². The molecule has 2 aliphatic rings. The monoisotopic (exact) mass is 1120 g/mol. The highest BCUT2D eigenvalue weighted by Gasteiger charge is 2.54. The van der Waals surface area contributed by atoms with Gasteiger partial charge in [-0.05, 0) is 90.6 Å². The lowest BCUT2D eigenvalue weighted by atomic mass is 9.77. The first-order valence-electron chi connectivity index (χ1n) is 25.0. The molecule has 5 aromatic carbocycles. The number of amides is 1. The predicted molar refractivity (Wildman–Crippen MR) is 294 cm³/mol. The second kappa shape index (κ2) is 25.3. The first-order chi connectivity index (χ1) is 39.2. The number of nitrogen functional groups attached to an aromatic ring is 1. The molecule has 0 radical (unpaired) electrons. The van der Waals surface area contributed by atoms with Crippen LogP contribution in [0.3, 0.4) is 0 Å². The summed E-state index contributed by atoms with van der Waals surface area (Å²) in [6.45, 7) is 0.985. The van der Waals surface area contributed by atoms with Crippen molar-refractivity contribution >= 4 is 87.3 Å².